The summed E-state index contributed by atoms with van der Waals surface area (Å²) in [5.74, 6) is -0.107. The first-order valence-corrected chi connectivity index (χ1v) is 8.02. The summed E-state index contributed by atoms with van der Waals surface area (Å²) in [7, 11) is 1.42. The number of piperidine rings is 1. The highest BCUT2D eigenvalue weighted by atomic mass is 16.5. The lowest BCUT2D eigenvalue weighted by atomic mass is 9.96. The number of amides is 1. The van der Waals surface area contributed by atoms with E-state index in [2.05, 4.69) is 4.98 Å². The number of hydrogen-bond donors (Lipinski definition) is 1. The fraction of sp³-hybridized carbons (Fsp3) is 0.444. The van der Waals surface area contributed by atoms with Crippen LogP contribution in [0.1, 0.15) is 24.1 Å². The number of carbonyl (C=O) groups excluding carboxylic acids is 2. The molecule has 1 aromatic carbocycles. The molecule has 5 heteroatoms. The minimum Gasteiger partial charge on any atom is -0.469 e. The second-order valence-corrected chi connectivity index (χ2v) is 6.13. The maximum atomic E-state index is 12.6. The Morgan fingerprint density at radius 1 is 1.26 bits per heavy atom. The molecule has 3 rings (SSSR count). The van der Waals surface area contributed by atoms with Gasteiger partial charge in [0, 0.05) is 29.7 Å². The second kappa shape index (κ2) is 6.44. The van der Waals surface area contributed by atoms with E-state index in [1.54, 1.807) is 0 Å². The highest BCUT2D eigenvalue weighted by Gasteiger charge is 2.28. The van der Waals surface area contributed by atoms with E-state index in [1.165, 1.54) is 7.11 Å². The number of rotatable bonds is 3. The van der Waals surface area contributed by atoms with Crippen molar-refractivity contribution in [2.24, 2.45) is 5.92 Å². The van der Waals surface area contributed by atoms with Gasteiger partial charge < -0.3 is 14.6 Å². The van der Waals surface area contributed by atoms with Gasteiger partial charge in [-0.15, -0.1) is 0 Å². The van der Waals surface area contributed by atoms with E-state index in [0.717, 1.165) is 22.2 Å². The summed E-state index contributed by atoms with van der Waals surface area (Å²) in [6, 6.07) is 8.05. The molecule has 0 aliphatic carbocycles. The highest BCUT2D eigenvalue weighted by Crippen LogP contribution is 2.24. The molecular weight excluding hydrogens is 292 g/mol. The third-order valence-electron chi connectivity index (χ3n) is 4.74. The molecule has 1 saturated heterocycles. The lowest BCUT2D eigenvalue weighted by Gasteiger charge is -2.30. The molecule has 122 valence electrons. The van der Waals surface area contributed by atoms with Crippen LogP contribution in [0.3, 0.4) is 0 Å². The summed E-state index contributed by atoms with van der Waals surface area (Å²) in [5.41, 5.74) is 3.18. The van der Waals surface area contributed by atoms with Crippen LogP contribution in [0, 0.1) is 12.8 Å². The lowest BCUT2D eigenvalue weighted by molar-refractivity contribution is -0.148. The molecule has 1 fully saturated rings. The number of methoxy groups -OCH3 is 1. The van der Waals surface area contributed by atoms with Crippen LogP contribution in [0.4, 0.5) is 0 Å². The van der Waals surface area contributed by atoms with Gasteiger partial charge in [-0.3, -0.25) is 9.59 Å². The molecule has 1 aromatic heterocycles. The fourth-order valence-electron chi connectivity index (χ4n) is 3.36. The van der Waals surface area contributed by atoms with Gasteiger partial charge in [-0.1, -0.05) is 18.2 Å². The van der Waals surface area contributed by atoms with Crippen LogP contribution in [0.25, 0.3) is 10.9 Å². The molecule has 23 heavy (non-hydrogen) atoms. The Bertz CT molecular complexity index is 727. The highest BCUT2D eigenvalue weighted by molar-refractivity contribution is 5.90. The molecule has 2 heterocycles. The number of fused-ring (bicyclic) bond motifs is 1. The zero-order valence-electron chi connectivity index (χ0n) is 13.6. The SMILES string of the molecule is COC(=O)C1CCN(C(=O)Cc2c(C)[nH]c3ccccc23)CC1. The Morgan fingerprint density at radius 3 is 2.65 bits per heavy atom. The number of ether oxygens (including phenoxy) is 1. The zero-order chi connectivity index (χ0) is 16.4. The van der Waals surface area contributed by atoms with Crippen molar-refractivity contribution in [3.05, 3.63) is 35.5 Å². The van der Waals surface area contributed by atoms with Crippen molar-refractivity contribution in [3.8, 4) is 0 Å². The minimum absolute atomic E-state index is 0.0705. The molecule has 0 spiro atoms. The number of nitrogens with zero attached hydrogens (tertiary/aromatic N) is 1. The third-order valence-corrected chi connectivity index (χ3v) is 4.74. The fourth-order valence-corrected chi connectivity index (χ4v) is 3.36. The van der Waals surface area contributed by atoms with Crippen molar-refractivity contribution < 1.29 is 14.3 Å². The summed E-state index contributed by atoms with van der Waals surface area (Å²) in [4.78, 5) is 29.4. The van der Waals surface area contributed by atoms with Crippen molar-refractivity contribution >= 4 is 22.8 Å². The number of H-pyrrole nitrogens is 1. The Labute approximate surface area is 135 Å². The third kappa shape index (κ3) is 3.09. The molecule has 0 atom stereocenters. The monoisotopic (exact) mass is 314 g/mol. The first-order chi connectivity index (χ1) is 11.1. The van der Waals surface area contributed by atoms with Crippen LogP contribution < -0.4 is 0 Å². The smallest absolute Gasteiger partial charge is 0.308 e. The molecule has 2 aromatic rings. The van der Waals surface area contributed by atoms with E-state index in [0.29, 0.717) is 32.4 Å². The summed E-state index contributed by atoms with van der Waals surface area (Å²) in [6.07, 6.45) is 1.77. The average Bonchev–Trinajstić information content (AvgIpc) is 2.90. The van der Waals surface area contributed by atoms with E-state index in [-0.39, 0.29) is 17.8 Å². The molecule has 1 aliphatic heterocycles. The van der Waals surface area contributed by atoms with E-state index in [1.807, 2.05) is 36.1 Å². The number of aryl methyl sites for hydroxylation is 1. The number of aromatic nitrogens is 1. The van der Waals surface area contributed by atoms with Crippen molar-refractivity contribution in [3.63, 3.8) is 0 Å². The number of carbonyl (C=O) groups is 2. The van der Waals surface area contributed by atoms with Gasteiger partial charge in [0.05, 0.1) is 19.4 Å². The standard InChI is InChI=1S/C18H22N2O3/c1-12-15(14-5-3-4-6-16(14)19-12)11-17(21)20-9-7-13(8-10-20)18(22)23-2/h3-6,13,19H,7-11H2,1-2H3. The van der Waals surface area contributed by atoms with Gasteiger partial charge in [0.25, 0.3) is 0 Å². The zero-order valence-corrected chi connectivity index (χ0v) is 13.6. The molecule has 0 saturated carbocycles. The van der Waals surface area contributed by atoms with E-state index < -0.39 is 0 Å². The minimum atomic E-state index is -0.162. The number of benzene rings is 1. The van der Waals surface area contributed by atoms with Crippen molar-refractivity contribution in [2.45, 2.75) is 26.2 Å². The summed E-state index contributed by atoms with van der Waals surface area (Å²) in [6.45, 7) is 3.26. The lowest BCUT2D eigenvalue weighted by Crippen LogP contribution is -2.41. The van der Waals surface area contributed by atoms with Gasteiger partial charge in [0.2, 0.25) is 5.91 Å². The second-order valence-electron chi connectivity index (χ2n) is 6.13. The van der Waals surface area contributed by atoms with Gasteiger partial charge >= 0.3 is 5.97 Å². The van der Waals surface area contributed by atoms with Crippen LogP contribution in [-0.4, -0.2) is 42.0 Å². The Balaban J connectivity index is 1.68. The number of para-hydroxylation sites is 1. The number of nitrogens with one attached hydrogen (secondary N) is 1. The van der Waals surface area contributed by atoms with Crippen LogP contribution in [0.5, 0.6) is 0 Å². The van der Waals surface area contributed by atoms with Crippen LogP contribution in [-0.2, 0) is 20.7 Å². The van der Waals surface area contributed by atoms with Crippen molar-refractivity contribution in [1.82, 2.24) is 9.88 Å². The van der Waals surface area contributed by atoms with E-state index in [9.17, 15) is 9.59 Å². The normalized spacial score (nSPS) is 15.8. The molecule has 0 bridgehead atoms. The quantitative estimate of drug-likeness (QED) is 0.885. The predicted molar refractivity (Wildman–Crippen MR) is 88.1 cm³/mol. The average molecular weight is 314 g/mol. The summed E-state index contributed by atoms with van der Waals surface area (Å²) >= 11 is 0. The largest absolute Gasteiger partial charge is 0.469 e. The summed E-state index contributed by atoms with van der Waals surface area (Å²) in [5, 5.41) is 1.11. The predicted octanol–water partition coefficient (Wildman–Crippen LogP) is 2.43. The van der Waals surface area contributed by atoms with Gasteiger partial charge in [0.1, 0.15) is 0 Å². The van der Waals surface area contributed by atoms with Crippen LogP contribution in [0.2, 0.25) is 0 Å². The van der Waals surface area contributed by atoms with E-state index >= 15 is 0 Å². The Morgan fingerprint density at radius 2 is 1.96 bits per heavy atom. The Kier molecular flexibility index (Phi) is 4.37. The number of aromatic amines is 1. The molecule has 5 nitrogen and oxygen atoms in total. The van der Waals surface area contributed by atoms with Crippen LogP contribution >= 0.6 is 0 Å². The van der Waals surface area contributed by atoms with Crippen LogP contribution in [0.15, 0.2) is 24.3 Å². The molecule has 0 unspecified atom stereocenters. The first-order valence-electron chi connectivity index (χ1n) is 8.02. The number of esters is 1. The Hall–Kier alpha value is -2.30. The van der Waals surface area contributed by atoms with Gasteiger partial charge in [-0.25, -0.2) is 0 Å². The van der Waals surface area contributed by atoms with E-state index in [4.69, 9.17) is 4.74 Å². The van der Waals surface area contributed by atoms with Gasteiger partial charge in [-0.05, 0) is 31.4 Å². The van der Waals surface area contributed by atoms with Gasteiger partial charge in [-0.2, -0.15) is 0 Å². The van der Waals surface area contributed by atoms with Crippen molar-refractivity contribution in [2.75, 3.05) is 20.2 Å². The maximum Gasteiger partial charge on any atom is 0.308 e. The number of hydrogen-bond acceptors (Lipinski definition) is 3. The maximum absolute atomic E-state index is 12.6. The molecule has 1 amide bonds. The van der Waals surface area contributed by atoms with Crippen molar-refractivity contribution in [1.29, 1.82) is 0 Å². The number of likely N-dealkylation sites (tertiary alicyclic amines) is 1. The van der Waals surface area contributed by atoms with Gasteiger partial charge in [0.15, 0.2) is 0 Å². The first kappa shape index (κ1) is 15.6. The molecule has 0 radical (unpaired) electrons. The molecular formula is C18H22N2O3. The molecule has 1 aliphatic rings. The topological polar surface area (TPSA) is 62.4 Å². The molecule has 1 N–H and O–H groups in total. The summed E-state index contributed by atoms with van der Waals surface area (Å²) < 4.78 is 4.79.